The highest BCUT2D eigenvalue weighted by atomic mass is 79.9. The Hall–Kier alpha value is -1.74. The average Bonchev–Trinajstić information content (AvgIpc) is 2.51. The van der Waals surface area contributed by atoms with Crippen molar-refractivity contribution in [1.29, 1.82) is 0 Å². The number of ether oxygens (including phenoxy) is 1. The van der Waals surface area contributed by atoms with E-state index >= 15 is 0 Å². The molecule has 0 aromatic heterocycles. The van der Waals surface area contributed by atoms with E-state index in [2.05, 4.69) is 15.9 Å². The molecule has 1 N–H and O–H groups in total. The number of benzene rings is 1. The number of hydrogen-bond donors (Lipinski definition) is 1. The van der Waals surface area contributed by atoms with Crippen molar-refractivity contribution < 1.29 is 28.2 Å². The molecule has 2 rings (SSSR count). The predicted molar refractivity (Wildman–Crippen MR) is 93.8 cm³/mol. The third-order valence-electron chi connectivity index (χ3n) is 3.83. The van der Waals surface area contributed by atoms with Gasteiger partial charge in [0.05, 0.1) is 12.6 Å². The zero-order valence-corrected chi connectivity index (χ0v) is 16.3. The van der Waals surface area contributed by atoms with Crippen molar-refractivity contribution in [3.05, 3.63) is 33.8 Å². The fourth-order valence-electron chi connectivity index (χ4n) is 2.66. The SMILES string of the molecule is CC(C)(C)OC(=O)N1CCN(C(=O)c2c(F)cc(Br)cc2F)C(CO)C1. The van der Waals surface area contributed by atoms with Crippen molar-refractivity contribution in [3.63, 3.8) is 0 Å². The average molecular weight is 435 g/mol. The quantitative estimate of drug-likeness (QED) is 0.776. The van der Waals surface area contributed by atoms with Crippen LogP contribution in [0.1, 0.15) is 31.1 Å². The van der Waals surface area contributed by atoms with Gasteiger partial charge in [-0.15, -0.1) is 0 Å². The summed E-state index contributed by atoms with van der Waals surface area (Å²) in [7, 11) is 0. The van der Waals surface area contributed by atoms with E-state index < -0.39 is 47.4 Å². The fraction of sp³-hybridized carbons (Fsp3) is 0.529. The van der Waals surface area contributed by atoms with E-state index in [1.165, 1.54) is 9.80 Å². The van der Waals surface area contributed by atoms with Crippen molar-refractivity contribution in [2.24, 2.45) is 0 Å². The van der Waals surface area contributed by atoms with Crippen LogP contribution in [0.2, 0.25) is 0 Å². The normalized spacial score (nSPS) is 18.0. The number of nitrogens with zero attached hydrogens (tertiary/aromatic N) is 2. The maximum absolute atomic E-state index is 14.1. The van der Waals surface area contributed by atoms with E-state index in [0.717, 1.165) is 12.1 Å². The smallest absolute Gasteiger partial charge is 0.410 e. The number of aliphatic hydroxyl groups is 1. The van der Waals surface area contributed by atoms with Crippen LogP contribution in [0, 0.1) is 11.6 Å². The summed E-state index contributed by atoms with van der Waals surface area (Å²) < 4.78 is 33.6. The summed E-state index contributed by atoms with van der Waals surface area (Å²) in [6.45, 7) is 4.91. The Bertz CT molecular complexity index is 685. The molecular formula is C17H21BrF2N2O4. The summed E-state index contributed by atoms with van der Waals surface area (Å²) in [5.41, 5.74) is -1.36. The first-order valence-corrected chi connectivity index (χ1v) is 8.87. The highest BCUT2D eigenvalue weighted by molar-refractivity contribution is 9.10. The van der Waals surface area contributed by atoms with Crippen LogP contribution in [0.5, 0.6) is 0 Å². The third kappa shape index (κ3) is 4.70. The number of hydrogen-bond acceptors (Lipinski definition) is 4. The Kier molecular flexibility index (Phi) is 6.23. The van der Waals surface area contributed by atoms with Gasteiger partial charge in [-0.05, 0) is 32.9 Å². The lowest BCUT2D eigenvalue weighted by atomic mass is 10.1. The first-order chi connectivity index (χ1) is 12.0. The molecule has 1 saturated heterocycles. The number of carbonyl (C=O) groups is 2. The molecule has 1 fully saturated rings. The van der Waals surface area contributed by atoms with Crippen molar-refractivity contribution >= 4 is 27.9 Å². The molecular weight excluding hydrogens is 414 g/mol. The topological polar surface area (TPSA) is 70.1 Å². The molecule has 1 aromatic carbocycles. The number of halogens is 3. The molecule has 144 valence electrons. The molecule has 6 nitrogen and oxygen atoms in total. The van der Waals surface area contributed by atoms with Crippen LogP contribution >= 0.6 is 15.9 Å². The summed E-state index contributed by atoms with van der Waals surface area (Å²) in [5.74, 6) is -2.85. The highest BCUT2D eigenvalue weighted by Crippen LogP contribution is 2.23. The molecule has 0 bridgehead atoms. The molecule has 1 heterocycles. The molecule has 9 heteroatoms. The number of piperazine rings is 1. The van der Waals surface area contributed by atoms with Gasteiger partial charge in [-0.3, -0.25) is 4.79 Å². The molecule has 0 aliphatic carbocycles. The summed E-state index contributed by atoms with van der Waals surface area (Å²) in [5, 5.41) is 9.60. The number of aliphatic hydroxyl groups excluding tert-OH is 1. The van der Waals surface area contributed by atoms with Gasteiger partial charge >= 0.3 is 6.09 Å². The molecule has 1 unspecified atom stereocenters. The lowest BCUT2D eigenvalue weighted by Crippen LogP contribution is -2.58. The van der Waals surface area contributed by atoms with Crippen molar-refractivity contribution in [1.82, 2.24) is 9.80 Å². The van der Waals surface area contributed by atoms with Crippen LogP contribution in [0.25, 0.3) is 0 Å². The Balaban J connectivity index is 2.17. The number of rotatable bonds is 2. The highest BCUT2D eigenvalue weighted by Gasteiger charge is 2.36. The largest absolute Gasteiger partial charge is 0.444 e. The molecule has 0 radical (unpaired) electrons. The van der Waals surface area contributed by atoms with Crippen molar-refractivity contribution in [2.45, 2.75) is 32.4 Å². The summed E-state index contributed by atoms with van der Waals surface area (Å²) >= 11 is 2.96. The van der Waals surface area contributed by atoms with Gasteiger partial charge in [-0.2, -0.15) is 0 Å². The van der Waals surface area contributed by atoms with Gasteiger partial charge in [0.25, 0.3) is 5.91 Å². The second-order valence-corrected chi connectivity index (χ2v) is 7.92. The van der Waals surface area contributed by atoms with Gasteiger partial charge < -0.3 is 19.6 Å². The Labute approximate surface area is 158 Å². The molecule has 1 aromatic rings. The van der Waals surface area contributed by atoms with Crippen LogP contribution in [0.15, 0.2) is 16.6 Å². The second-order valence-electron chi connectivity index (χ2n) is 7.01. The fourth-order valence-corrected chi connectivity index (χ4v) is 3.06. The van der Waals surface area contributed by atoms with Gasteiger partial charge in [0, 0.05) is 24.1 Å². The summed E-state index contributed by atoms with van der Waals surface area (Å²) in [4.78, 5) is 27.3. The van der Waals surface area contributed by atoms with Crippen LogP contribution in [-0.4, -0.2) is 64.8 Å². The van der Waals surface area contributed by atoms with E-state index in [9.17, 15) is 23.5 Å². The van der Waals surface area contributed by atoms with Gasteiger partial charge in [-0.25, -0.2) is 13.6 Å². The summed E-state index contributed by atoms with van der Waals surface area (Å²) in [6, 6.07) is 1.22. The molecule has 26 heavy (non-hydrogen) atoms. The van der Waals surface area contributed by atoms with Crippen molar-refractivity contribution in [3.8, 4) is 0 Å². The monoisotopic (exact) mass is 434 g/mol. The lowest BCUT2D eigenvalue weighted by molar-refractivity contribution is -0.00268. The zero-order valence-electron chi connectivity index (χ0n) is 14.8. The molecule has 1 aliphatic heterocycles. The molecule has 1 atom stereocenters. The maximum Gasteiger partial charge on any atom is 0.410 e. The number of carbonyl (C=O) groups excluding carboxylic acids is 2. The Morgan fingerprint density at radius 2 is 1.85 bits per heavy atom. The molecule has 2 amide bonds. The van der Waals surface area contributed by atoms with Crippen LogP contribution < -0.4 is 0 Å². The Morgan fingerprint density at radius 3 is 2.35 bits per heavy atom. The van der Waals surface area contributed by atoms with E-state index in [-0.39, 0.29) is 24.1 Å². The second kappa shape index (κ2) is 7.87. The summed E-state index contributed by atoms with van der Waals surface area (Å²) in [6.07, 6.45) is -0.566. The number of amides is 2. The van der Waals surface area contributed by atoms with E-state index in [1.807, 2.05) is 0 Å². The maximum atomic E-state index is 14.1. The minimum atomic E-state index is -0.992. The lowest BCUT2D eigenvalue weighted by Gasteiger charge is -2.41. The van der Waals surface area contributed by atoms with Crippen LogP contribution in [-0.2, 0) is 4.74 Å². The Morgan fingerprint density at radius 1 is 1.27 bits per heavy atom. The predicted octanol–water partition coefficient (Wildman–Crippen LogP) is 2.78. The van der Waals surface area contributed by atoms with E-state index in [1.54, 1.807) is 20.8 Å². The minimum absolute atomic E-state index is 0.0108. The van der Waals surface area contributed by atoms with Crippen molar-refractivity contribution in [2.75, 3.05) is 26.2 Å². The van der Waals surface area contributed by atoms with Gasteiger partial charge in [-0.1, -0.05) is 15.9 Å². The van der Waals surface area contributed by atoms with E-state index in [0.29, 0.717) is 0 Å². The molecule has 0 spiro atoms. The standard InChI is InChI=1S/C17H21BrF2N2O4/c1-17(2,3)26-16(25)21-4-5-22(11(8-21)9-23)15(24)14-12(19)6-10(18)7-13(14)20/h6-7,11,23H,4-5,8-9H2,1-3H3. The third-order valence-corrected chi connectivity index (χ3v) is 4.28. The molecule has 0 saturated carbocycles. The van der Waals surface area contributed by atoms with Gasteiger partial charge in [0.2, 0.25) is 0 Å². The van der Waals surface area contributed by atoms with Gasteiger partial charge in [0.15, 0.2) is 0 Å². The van der Waals surface area contributed by atoms with Crippen LogP contribution in [0.3, 0.4) is 0 Å². The van der Waals surface area contributed by atoms with E-state index in [4.69, 9.17) is 4.74 Å². The van der Waals surface area contributed by atoms with Crippen LogP contribution in [0.4, 0.5) is 13.6 Å². The first kappa shape index (κ1) is 20.6. The zero-order chi connectivity index (χ0) is 19.6. The van der Waals surface area contributed by atoms with Gasteiger partial charge in [0.1, 0.15) is 22.8 Å². The molecule has 1 aliphatic rings. The minimum Gasteiger partial charge on any atom is -0.444 e. The first-order valence-electron chi connectivity index (χ1n) is 8.07.